The summed E-state index contributed by atoms with van der Waals surface area (Å²) in [6.45, 7) is 2.05. The fourth-order valence-corrected chi connectivity index (χ4v) is 5.03. The molecule has 8 nitrogen and oxygen atoms in total. The summed E-state index contributed by atoms with van der Waals surface area (Å²) >= 11 is 0. The number of benzene rings is 2. The van der Waals surface area contributed by atoms with Crippen LogP contribution in [0, 0.1) is 0 Å². The number of hydrogen-bond donors (Lipinski definition) is 1. The maximum atomic E-state index is 13.6. The van der Waals surface area contributed by atoms with Gasteiger partial charge in [0.2, 0.25) is 11.9 Å². The van der Waals surface area contributed by atoms with Gasteiger partial charge in [-0.2, -0.15) is 0 Å². The highest BCUT2D eigenvalue weighted by atomic mass is 16.5. The summed E-state index contributed by atoms with van der Waals surface area (Å²) in [6, 6.07) is 13.8. The Morgan fingerprint density at radius 2 is 1.79 bits per heavy atom. The zero-order valence-electron chi connectivity index (χ0n) is 19.2. The Labute approximate surface area is 197 Å². The maximum Gasteiger partial charge on any atom is 0.338 e. The van der Waals surface area contributed by atoms with Crippen molar-refractivity contribution in [2.24, 2.45) is 0 Å². The maximum absolute atomic E-state index is 13.6. The van der Waals surface area contributed by atoms with Crippen molar-refractivity contribution in [3.8, 4) is 0 Å². The molecular formula is C26H28N4O4. The van der Waals surface area contributed by atoms with E-state index in [2.05, 4.69) is 5.32 Å². The summed E-state index contributed by atoms with van der Waals surface area (Å²) < 4.78 is 6.92. The molecule has 2 heterocycles. The number of aromatic nitrogens is 2. The number of nitrogens with one attached hydrogen (secondary N) is 1. The summed E-state index contributed by atoms with van der Waals surface area (Å²) in [5.74, 6) is -0.0849. The van der Waals surface area contributed by atoms with Crippen LogP contribution in [0.15, 0.2) is 48.5 Å². The first-order chi connectivity index (χ1) is 16.6. The van der Waals surface area contributed by atoms with E-state index in [0.717, 1.165) is 36.7 Å². The average Bonchev–Trinajstić information content (AvgIpc) is 3.34. The fourth-order valence-electron chi connectivity index (χ4n) is 5.03. The first-order valence-corrected chi connectivity index (χ1v) is 11.9. The van der Waals surface area contributed by atoms with Crippen LogP contribution in [0.1, 0.15) is 61.8 Å². The number of anilines is 2. The van der Waals surface area contributed by atoms with Gasteiger partial charge in [0.1, 0.15) is 6.04 Å². The third-order valence-corrected chi connectivity index (χ3v) is 6.63. The van der Waals surface area contributed by atoms with Gasteiger partial charge in [-0.1, -0.05) is 31.4 Å². The summed E-state index contributed by atoms with van der Waals surface area (Å²) in [5.41, 5.74) is 2.67. The van der Waals surface area contributed by atoms with Gasteiger partial charge in [-0.15, -0.1) is 0 Å². The Morgan fingerprint density at radius 1 is 1.06 bits per heavy atom. The van der Waals surface area contributed by atoms with Crippen molar-refractivity contribution < 1.29 is 19.1 Å². The molecule has 1 atom stereocenters. The number of amides is 2. The summed E-state index contributed by atoms with van der Waals surface area (Å²) in [5, 5.41) is 2.86. The lowest BCUT2D eigenvalue weighted by molar-refractivity contribution is -0.125. The average molecular weight is 461 g/mol. The molecule has 1 N–H and O–H groups in total. The molecule has 3 aromatic rings. The lowest BCUT2D eigenvalue weighted by Gasteiger charge is -2.30. The molecule has 2 amide bonds. The van der Waals surface area contributed by atoms with Crippen molar-refractivity contribution in [1.82, 2.24) is 9.55 Å². The van der Waals surface area contributed by atoms with Crippen LogP contribution < -0.4 is 10.2 Å². The minimum absolute atomic E-state index is 0.00896. The number of imidazole rings is 1. The molecule has 8 heteroatoms. The number of hydrogen-bond acceptors (Lipinski definition) is 5. The van der Waals surface area contributed by atoms with E-state index in [4.69, 9.17) is 9.72 Å². The van der Waals surface area contributed by atoms with E-state index < -0.39 is 12.0 Å². The molecule has 2 aliphatic rings. The summed E-state index contributed by atoms with van der Waals surface area (Å²) in [4.78, 5) is 45.0. The molecule has 1 aliphatic carbocycles. The number of ether oxygens (including phenoxy) is 1. The van der Waals surface area contributed by atoms with Crippen LogP contribution in [-0.4, -0.2) is 40.0 Å². The lowest BCUT2D eigenvalue weighted by atomic mass is 9.94. The Morgan fingerprint density at radius 3 is 2.53 bits per heavy atom. The monoisotopic (exact) mass is 460 g/mol. The number of para-hydroxylation sites is 2. The number of carbonyl (C=O) groups excluding carboxylic acids is 3. The standard InChI is InChI=1S/C26H28N4O4/c1-2-34-25(33)17-12-14-18(15-13-17)27-23(31)16-22-24(32)29(19-8-4-3-5-9-19)26-28-20-10-6-7-11-21(20)30(22)26/h6-7,10-15,19,22H,2-5,8-9,16H2,1H3,(H,27,31). The van der Waals surface area contributed by atoms with Crippen LogP contribution in [0.4, 0.5) is 11.6 Å². The molecule has 0 radical (unpaired) electrons. The summed E-state index contributed by atoms with van der Waals surface area (Å²) in [6.07, 6.45) is 5.31. The second kappa shape index (κ2) is 9.29. The van der Waals surface area contributed by atoms with Crippen molar-refractivity contribution in [1.29, 1.82) is 0 Å². The van der Waals surface area contributed by atoms with Crippen LogP contribution in [0.3, 0.4) is 0 Å². The lowest BCUT2D eigenvalue weighted by Crippen LogP contribution is -2.41. The van der Waals surface area contributed by atoms with Crippen molar-refractivity contribution in [2.75, 3.05) is 16.8 Å². The third kappa shape index (κ3) is 4.04. The van der Waals surface area contributed by atoms with Crippen LogP contribution >= 0.6 is 0 Å². The van der Waals surface area contributed by atoms with E-state index in [-0.39, 0.29) is 24.3 Å². The minimum atomic E-state index is -0.636. The van der Waals surface area contributed by atoms with E-state index in [1.807, 2.05) is 33.7 Å². The van der Waals surface area contributed by atoms with Gasteiger partial charge in [-0.05, 0) is 56.2 Å². The smallest absolute Gasteiger partial charge is 0.338 e. The van der Waals surface area contributed by atoms with Gasteiger partial charge in [0, 0.05) is 11.7 Å². The third-order valence-electron chi connectivity index (χ3n) is 6.63. The van der Waals surface area contributed by atoms with Crippen molar-refractivity contribution >= 4 is 40.5 Å². The van der Waals surface area contributed by atoms with E-state index in [1.165, 1.54) is 6.42 Å². The van der Waals surface area contributed by atoms with Gasteiger partial charge in [-0.25, -0.2) is 9.78 Å². The molecule has 2 aromatic carbocycles. The molecule has 0 bridgehead atoms. The van der Waals surface area contributed by atoms with Gasteiger partial charge < -0.3 is 10.1 Å². The predicted molar refractivity (Wildman–Crippen MR) is 129 cm³/mol. The van der Waals surface area contributed by atoms with Gasteiger partial charge in [-0.3, -0.25) is 19.1 Å². The minimum Gasteiger partial charge on any atom is -0.462 e. The molecule has 1 saturated carbocycles. The quantitative estimate of drug-likeness (QED) is 0.548. The van der Waals surface area contributed by atoms with Crippen molar-refractivity contribution in [2.45, 2.75) is 57.5 Å². The molecule has 1 unspecified atom stereocenters. The van der Waals surface area contributed by atoms with Gasteiger partial charge in [0.15, 0.2) is 0 Å². The number of rotatable bonds is 6. The van der Waals surface area contributed by atoms with E-state index in [0.29, 0.717) is 23.8 Å². The molecule has 34 heavy (non-hydrogen) atoms. The molecule has 0 saturated heterocycles. The highest BCUT2D eigenvalue weighted by Crippen LogP contribution is 2.40. The zero-order chi connectivity index (χ0) is 23.7. The van der Waals surface area contributed by atoms with E-state index in [9.17, 15) is 14.4 Å². The normalized spacial score (nSPS) is 18.2. The highest BCUT2D eigenvalue weighted by Gasteiger charge is 2.44. The van der Waals surface area contributed by atoms with Gasteiger partial charge >= 0.3 is 5.97 Å². The van der Waals surface area contributed by atoms with Crippen LogP contribution in [0.25, 0.3) is 11.0 Å². The fraction of sp³-hybridized carbons (Fsp3) is 0.385. The van der Waals surface area contributed by atoms with E-state index >= 15 is 0 Å². The highest BCUT2D eigenvalue weighted by molar-refractivity contribution is 6.05. The first-order valence-electron chi connectivity index (χ1n) is 11.9. The first kappa shape index (κ1) is 22.1. The number of carbonyl (C=O) groups is 3. The number of nitrogens with zero attached hydrogens (tertiary/aromatic N) is 3. The van der Waals surface area contributed by atoms with Crippen LogP contribution in [0.5, 0.6) is 0 Å². The Balaban J connectivity index is 1.37. The number of fused-ring (bicyclic) bond motifs is 3. The molecule has 1 fully saturated rings. The van der Waals surface area contributed by atoms with Crippen LogP contribution in [0.2, 0.25) is 0 Å². The Bertz CT molecular complexity index is 1230. The molecule has 5 rings (SSSR count). The second-order valence-corrected chi connectivity index (χ2v) is 8.84. The number of esters is 1. The molecule has 1 aliphatic heterocycles. The molecule has 176 valence electrons. The SMILES string of the molecule is CCOC(=O)c1ccc(NC(=O)CC2C(=O)N(C3CCCCC3)c3nc4ccccc4n32)cc1. The topological polar surface area (TPSA) is 93.5 Å². The molecule has 0 spiro atoms. The predicted octanol–water partition coefficient (Wildman–Crippen LogP) is 4.46. The van der Waals surface area contributed by atoms with Crippen molar-refractivity contribution in [3.05, 3.63) is 54.1 Å². The second-order valence-electron chi connectivity index (χ2n) is 8.84. The van der Waals surface area contributed by atoms with E-state index in [1.54, 1.807) is 31.2 Å². The van der Waals surface area contributed by atoms with Gasteiger partial charge in [0.25, 0.3) is 5.91 Å². The van der Waals surface area contributed by atoms with Crippen molar-refractivity contribution in [3.63, 3.8) is 0 Å². The molecule has 1 aromatic heterocycles. The molecular weight excluding hydrogens is 432 g/mol. The zero-order valence-corrected chi connectivity index (χ0v) is 19.2. The van der Waals surface area contributed by atoms with Gasteiger partial charge in [0.05, 0.1) is 29.6 Å². The largest absolute Gasteiger partial charge is 0.462 e. The van der Waals surface area contributed by atoms with Crippen LogP contribution in [-0.2, 0) is 14.3 Å². The summed E-state index contributed by atoms with van der Waals surface area (Å²) in [7, 11) is 0. The Hall–Kier alpha value is -3.68. The Kier molecular flexibility index (Phi) is 6.04.